The van der Waals surface area contributed by atoms with Crippen LogP contribution in [0.15, 0.2) is 17.0 Å². The molecule has 0 radical (unpaired) electrons. The SMILES string of the molecule is CCOC(=O)Cc1[nH]c2ccc(O)c(C)c2c1SC(C)(C)C. The maximum atomic E-state index is 11.9. The lowest BCUT2D eigenvalue weighted by Crippen LogP contribution is -2.11. The summed E-state index contributed by atoms with van der Waals surface area (Å²) in [6.07, 6.45) is 0.209. The molecule has 0 saturated carbocycles. The van der Waals surface area contributed by atoms with E-state index in [1.165, 1.54) is 0 Å². The Bertz CT molecular complexity index is 698. The van der Waals surface area contributed by atoms with Crippen molar-refractivity contribution in [3.8, 4) is 5.75 Å². The molecule has 0 bridgehead atoms. The van der Waals surface area contributed by atoms with Crippen molar-refractivity contribution in [2.75, 3.05) is 6.61 Å². The summed E-state index contributed by atoms with van der Waals surface area (Å²) in [5.41, 5.74) is 2.61. The molecule has 2 N–H and O–H groups in total. The summed E-state index contributed by atoms with van der Waals surface area (Å²) in [5, 5.41) is 11.0. The third-order valence-corrected chi connectivity index (χ3v) is 4.52. The molecule has 2 rings (SSSR count). The van der Waals surface area contributed by atoms with E-state index in [0.717, 1.165) is 27.1 Å². The highest BCUT2D eigenvalue weighted by Gasteiger charge is 2.23. The molecule has 1 heterocycles. The highest BCUT2D eigenvalue weighted by atomic mass is 32.2. The van der Waals surface area contributed by atoms with Crippen LogP contribution in [-0.2, 0) is 16.0 Å². The predicted molar refractivity (Wildman–Crippen MR) is 90.6 cm³/mol. The monoisotopic (exact) mass is 321 g/mol. The van der Waals surface area contributed by atoms with Crippen molar-refractivity contribution < 1.29 is 14.6 Å². The fourth-order valence-corrected chi connectivity index (χ4v) is 3.59. The van der Waals surface area contributed by atoms with Crippen molar-refractivity contribution in [2.45, 2.75) is 50.7 Å². The molecule has 1 aromatic carbocycles. The molecule has 0 amide bonds. The van der Waals surface area contributed by atoms with Crippen LogP contribution in [0.5, 0.6) is 5.75 Å². The van der Waals surface area contributed by atoms with Gasteiger partial charge in [-0.05, 0) is 26.0 Å². The van der Waals surface area contributed by atoms with E-state index >= 15 is 0 Å². The van der Waals surface area contributed by atoms with Gasteiger partial charge < -0.3 is 14.8 Å². The lowest BCUT2D eigenvalue weighted by molar-refractivity contribution is -0.142. The maximum Gasteiger partial charge on any atom is 0.311 e. The minimum atomic E-state index is -0.244. The fraction of sp³-hybridized carbons (Fsp3) is 0.471. The molecule has 120 valence electrons. The number of nitrogens with one attached hydrogen (secondary N) is 1. The van der Waals surface area contributed by atoms with Crippen molar-refractivity contribution in [3.05, 3.63) is 23.4 Å². The smallest absolute Gasteiger partial charge is 0.311 e. The van der Waals surface area contributed by atoms with Gasteiger partial charge in [0.2, 0.25) is 0 Å². The molecule has 22 heavy (non-hydrogen) atoms. The maximum absolute atomic E-state index is 11.9. The van der Waals surface area contributed by atoms with E-state index in [-0.39, 0.29) is 22.9 Å². The van der Waals surface area contributed by atoms with Crippen LogP contribution in [0, 0.1) is 6.92 Å². The predicted octanol–water partition coefficient (Wildman–Crippen LogP) is 4.18. The molecule has 0 aliphatic rings. The number of fused-ring (bicyclic) bond motifs is 1. The van der Waals surface area contributed by atoms with Gasteiger partial charge in [-0.15, -0.1) is 11.8 Å². The van der Waals surface area contributed by atoms with E-state index in [1.807, 2.05) is 13.0 Å². The van der Waals surface area contributed by atoms with Crippen molar-refractivity contribution in [2.24, 2.45) is 0 Å². The number of hydrogen-bond donors (Lipinski definition) is 2. The van der Waals surface area contributed by atoms with E-state index in [1.54, 1.807) is 24.8 Å². The van der Waals surface area contributed by atoms with Gasteiger partial charge in [-0.3, -0.25) is 4.79 Å². The highest BCUT2D eigenvalue weighted by Crippen LogP contribution is 2.42. The first-order valence-corrected chi connectivity index (χ1v) is 8.22. The number of phenols is 1. The van der Waals surface area contributed by atoms with Crippen LogP contribution in [0.1, 0.15) is 39.0 Å². The summed E-state index contributed by atoms with van der Waals surface area (Å²) >= 11 is 1.70. The van der Waals surface area contributed by atoms with Gasteiger partial charge >= 0.3 is 5.97 Å². The van der Waals surface area contributed by atoms with E-state index in [4.69, 9.17) is 4.74 Å². The molecule has 0 atom stereocenters. The van der Waals surface area contributed by atoms with Crippen LogP contribution in [0.2, 0.25) is 0 Å². The molecule has 0 unspecified atom stereocenters. The van der Waals surface area contributed by atoms with Crippen molar-refractivity contribution in [1.82, 2.24) is 4.98 Å². The molecule has 0 aliphatic carbocycles. The van der Waals surface area contributed by atoms with E-state index in [9.17, 15) is 9.90 Å². The zero-order chi connectivity index (χ0) is 16.5. The first-order valence-electron chi connectivity index (χ1n) is 7.40. The number of aromatic hydroxyl groups is 1. The second-order valence-corrected chi connectivity index (χ2v) is 8.10. The Morgan fingerprint density at radius 2 is 2.05 bits per heavy atom. The average molecular weight is 321 g/mol. The third kappa shape index (κ3) is 3.58. The quantitative estimate of drug-likeness (QED) is 0.655. The molecule has 0 fully saturated rings. The van der Waals surface area contributed by atoms with E-state index in [2.05, 4.69) is 25.8 Å². The number of H-pyrrole nitrogens is 1. The van der Waals surface area contributed by atoms with Gasteiger partial charge in [0.05, 0.1) is 13.0 Å². The Balaban J connectivity index is 2.57. The van der Waals surface area contributed by atoms with Crippen molar-refractivity contribution >= 4 is 28.6 Å². The third-order valence-electron chi connectivity index (χ3n) is 3.26. The second-order valence-electron chi connectivity index (χ2n) is 6.26. The molecule has 0 saturated heterocycles. The highest BCUT2D eigenvalue weighted by molar-refractivity contribution is 8.00. The van der Waals surface area contributed by atoms with Gasteiger partial charge in [0.15, 0.2) is 0 Å². The van der Waals surface area contributed by atoms with Gasteiger partial charge in [0, 0.05) is 31.8 Å². The summed E-state index contributed by atoms with van der Waals surface area (Å²) < 4.78 is 5.06. The fourth-order valence-electron chi connectivity index (χ4n) is 2.37. The summed E-state index contributed by atoms with van der Waals surface area (Å²) in [5.74, 6) is 0.0247. The standard InChI is InChI=1S/C17H23NO3S/c1-6-21-14(20)9-12-16(22-17(3,4)5)15-10(2)13(19)8-7-11(15)18-12/h7-8,18-19H,6,9H2,1-5H3. The number of carbonyl (C=O) groups excluding carboxylic acids is 1. The van der Waals surface area contributed by atoms with E-state index < -0.39 is 0 Å². The molecule has 4 nitrogen and oxygen atoms in total. The number of benzene rings is 1. The van der Waals surface area contributed by atoms with Crippen LogP contribution >= 0.6 is 11.8 Å². The van der Waals surface area contributed by atoms with Crippen LogP contribution in [0.25, 0.3) is 10.9 Å². The number of rotatable bonds is 4. The number of hydrogen-bond acceptors (Lipinski definition) is 4. The van der Waals surface area contributed by atoms with Gasteiger partial charge in [-0.25, -0.2) is 0 Å². The summed E-state index contributed by atoms with van der Waals surface area (Å²) in [7, 11) is 0. The van der Waals surface area contributed by atoms with Crippen LogP contribution in [0.4, 0.5) is 0 Å². The lowest BCUT2D eigenvalue weighted by atomic mass is 10.1. The first-order chi connectivity index (χ1) is 10.2. The molecule has 5 heteroatoms. The number of carbonyl (C=O) groups is 1. The molecule has 0 spiro atoms. The zero-order valence-electron chi connectivity index (χ0n) is 13.7. The Labute approximate surface area is 135 Å². The topological polar surface area (TPSA) is 62.3 Å². The normalized spacial score (nSPS) is 11.9. The molecule has 2 aromatic rings. The zero-order valence-corrected chi connectivity index (χ0v) is 14.6. The number of thioether (sulfide) groups is 1. The number of aromatic amines is 1. The summed E-state index contributed by atoms with van der Waals surface area (Å²) in [6, 6.07) is 3.52. The van der Waals surface area contributed by atoms with Crippen LogP contribution < -0.4 is 0 Å². The number of phenolic OH excluding ortho intramolecular Hbond substituents is 1. The summed E-state index contributed by atoms with van der Waals surface area (Å²) in [6.45, 7) is 10.5. The summed E-state index contributed by atoms with van der Waals surface area (Å²) in [4.78, 5) is 16.2. The Morgan fingerprint density at radius 1 is 1.36 bits per heavy atom. The Morgan fingerprint density at radius 3 is 2.64 bits per heavy atom. The molecule has 1 aromatic heterocycles. The average Bonchev–Trinajstić information content (AvgIpc) is 2.71. The van der Waals surface area contributed by atoms with Crippen LogP contribution in [-0.4, -0.2) is 27.4 Å². The largest absolute Gasteiger partial charge is 0.508 e. The molecular formula is C17H23NO3S. The van der Waals surface area contributed by atoms with E-state index in [0.29, 0.717) is 6.61 Å². The molecular weight excluding hydrogens is 298 g/mol. The van der Waals surface area contributed by atoms with Gasteiger partial charge in [0.25, 0.3) is 0 Å². The second kappa shape index (κ2) is 6.24. The van der Waals surface area contributed by atoms with Gasteiger partial charge in [0.1, 0.15) is 5.75 Å². The van der Waals surface area contributed by atoms with Crippen molar-refractivity contribution in [3.63, 3.8) is 0 Å². The Kier molecular flexibility index (Phi) is 4.75. The molecule has 0 aliphatic heterocycles. The van der Waals surface area contributed by atoms with Gasteiger partial charge in [-0.2, -0.15) is 0 Å². The lowest BCUT2D eigenvalue weighted by Gasteiger charge is -2.18. The Hall–Kier alpha value is -1.62. The van der Waals surface area contributed by atoms with Crippen molar-refractivity contribution in [1.29, 1.82) is 0 Å². The first kappa shape index (κ1) is 16.7. The number of ether oxygens (including phenoxy) is 1. The number of aromatic nitrogens is 1. The number of esters is 1. The minimum Gasteiger partial charge on any atom is -0.508 e. The number of aryl methyl sites for hydroxylation is 1. The minimum absolute atomic E-state index is 0.00354. The van der Waals surface area contributed by atoms with Gasteiger partial charge in [-0.1, -0.05) is 20.8 Å². The van der Waals surface area contributed by atoms with Crippen LogP contribution in [0.3, 0.4) is 0 Å².